The Kier molecular flexibility index (Phi) is 4.60. The van der Waals surface area contributed by atoms with Gasteiger partial charge in [0, 0.05) is 18.5 Å². The van der Waals surface area contributed by atoms with Crippen molar-refractivity contribution >= 4 is 5.91 Å². The van der Waals surface area contributed by atoms with Crippen LogP contribution in [0.25, 0.3) is 11.3 Å². The van der Waals surface area contributed by atoms with Crippen LogP contribution >= 0.6 is 0 Å². The van der Waals surface area contributed by atoms with Crippen molar-refractivity contribution in [2.45, 2.75) is 19.4 Å². The molecule has 0 saturated carbocycles. The fourth-order valence-electron chi connectivity index (χ4n) is 2.87. The number of nitrogens with one attached hydrogen (secondary N) is 1. The summed E-state index contributed by atoms with van der Waals surface area (Å²) in [6, 6.07) is 17.6. The minimum absolute atomic E-state index is 0.0257. The van der Waals surface area contributed by atoms with Gasteiger partial charge in [0.1, 0.15) is 5.76 Å². The van der Waals surface area contributed by atoms with Crippen molar-refractivity contribution in [1.82, 2.24) is 5.32 Å². The fourth-order valence-corrected chi connectivity index (χ4v) is 2.87. The van der Waals surface area contributed by atoms with Crippen molar-refractivity contribution in [2.24, 2.45) is 0 Å². The second-order valence-electron chi connectivity index (χ2n) is 6.14. The van der Waals surface area contributed by atoms with Gasteiger partial charge in [0.15, 0.2) is 11.5 Å². The van der Waals surface area contributed by atoms with Gasteiger partial charge in [-0.1, -0.05) is 30.3 Å². The molecule has 0 spiro atoms. The highest BCUT2D eigenvalue weighted by Crippen LogP contribution is 2.32. The van der Waals surface area contributed by atoms with Crippen LogP contribution < -0.4 is 14.8 Å². The van der Waals surface area contributed by atoms with E-state index in [0.29, 0.717) is 19.4 Å². The first-order valence-electron chi connectivity index (χ1n) is 8.56. The third-order valence-corrected chi connectivity index (χ3v) is 4.33. The molecule has 5 nitrogen and oxygen atoms in total. The van der Waals surface area contributed by atoms with E-state index >= 15 is 0 Å². The molecule has 0 unspecified atom stereocenters. The summed E-state index contributed by atoms with van der Waals surface area (Å²) in [4.78, 5) is 12.1. The van der Waals surface area contributed by atoms with Crippen LogP contribution in [0.3, 0.4) is 0 Å². The van der Waals surface area contributed by atoms with E-state index in [1.807, 2.05) is 54.6 Å². The van der Waals surface area contributed by atoms with E-state index in [1.54, 1.807) is 6.26 Å². The van der Waals surface area contributed by atoms with Gasteiger partial charge in [-0.25, -0.2) is 0 Å². The molecule has 0 bridgehead atoms. The first-order chi connectivity index (χ1) is 12.8. The van der Waals surface area contributed by atoms with E-state index < -0.39 is 0 Å². The maximum absolute atomic E-state index is 12.1. The minimum atomic E-state index is 0.0257. The number of rotatable bonds is 6. The Hall–Kier alpha value is -3.21. The summed E-state index contributed by atoms with van der Waals surface area (Å²) >= 11 is 0. The normalized spacial score (nSPS) is 12.2. The molecule has 0 fully saturated rings. The average molecular weight is 349 g/mol. The van der Waals surface area contributed by atoms with Gasteiger partial charge in [0.25, 0.3) is 0 Å². The smallest absolute Gasteiger partial charge is 0.231 e. The zero-order chi connectivity index (χ0) is 17.8. The van der Waals surface area contributed by atoms with Crippen LogP contribution in [0.4, 0.5) is 0 Å². The molecule has 1 aliphatic heterocycles. The Bertz CT molecular complexity index is 885. The van der Waals surface area contributed by atoms with Crippen LogP contribution in [0.15, 0.2) is 65.3 Å². The molecule has 3 aromatic rings. The van der Waals surface area contributed by atoms with Gasteiger partial charge in [-0.3, -0.25) is 4.79 Å². The predicted octanol–water partition coefficient (Wildman–Crippen LogP) is 3.92. The van der Waals surface area contributed by atoms with E-state index in [2.05, 4.69) is 5.32 Å². The van der Waals surface area contributed by atoms with Gasteiger partial charge in [0.05, 0.1) is 6.26 Å². The molecule has 0 aliphatic carbocycles. The van der Waals surface area contributed by atoms with Crippen LogP contribution in [0, 0.1) is 0 Å². The number of amides is 1. The van der Waals surface area contributed by atoms with Crippen molar-refractivity contribution in [3.63, 3.8) is 0 Å². The van der Waals surface area contributed by atoms with Gasteiger partial charge in [-0.05, 0) is 41.8 Å². The molecule has 1 aromatic heterocycles. The molecule has 4 rings (SSSR count). The molecule has 0 radical (unpaired) electrons. The van der Waals surface area contributed by atoms with Crippen LogP contribution in [0.1, 0.15) is 17.5 Å². The monoisotopic (exact) mass is 349 g/mol. The molecule has 1 aliphatic rings. The van der Waals surface area contributed by atoms with Gasteiger partial charge < -0.3 is 19.2 Å². The van der Waals surface area contributed by atoms with Crippen molar-refractivity contribution < 1.29 is 18.7 Å². The Morgan fingerprint density at radius 3 is 2.58 bits per heavy atom. The van der Waals surface area contributed by atoms with E-state index in [9.17, 15) is 4.79 Å². The van der Waals surface area contributed by atoms with Crippen LogP contribution in [-0.4, -0.2) is 12.7 Å². The topological polar surface area (TPSA) is 60.7 Å². The van der Waals surface area contributed by atoms with E-state index in [1.165, 1.54) is 0 Å². The summed E-state index contributed by atoms with van der Waals surface area (Å²) in [5.41, 5.74) is 3.14. The largest absolute Gasteiger partial charge is 0.464 e. The highest BCUT2D eigenvalue weighted by atomic mass is 16.7. The Morgan fingerprint density at radius 2 is 1.77 bits per heavy atom. The molecule has 1 N–H and O–H groups in total. The Balaban J connectivity index is 1.26. The number of aryl methyl sites for hydroxylation is 1. The minimum Gasteiger partial charge on any atom is -0.464 e. The molecule has 132 valence electrons. The molecular weight excluding hydrogens is 330 g/mol. The lowest BCUT2D eigenvalue weighted by molar-refractivity contribution is -0.121. The van der Waals surface area contributed by atoms with Gasteiger partial charge in [-0.15, -0.1) is 0 Å². The lowest BCUT2D eigenvalue weighted by Crippen LogP contribution is -2.22. The van der Waals surface area contributed by atoms with Gasteiger partial charge in [-0.2, -0.15) is 0 Å². The van der Waals surface area contributed by atoms with Crippen molar-refractivity contribution in [1.29, 1.82) is 0 Å². The van der Waals surface area contributed by atoms with Crippen LogP contribution in [0.2, 0.25) is 0 Å². The molecule has 0 saturated heterocycles. The van der Waals surface area contributed by atoms with E-state index in [-0.39, 0.29) is 12.7 Å². The highest BCUT2D eigenvalue weighted by molar-refractivity contribution is 5.76. The maximum Gasteiger partial charge on any atom is 0.231 e. The highest BCUT2D eigenvalue weighted by Gasteiger charge is 2.13. The van der Waals surface area contributed by atoms with Crippen LogP contribution in [-0.2, 0) is 17.8 Å². The predicted molar refractivity (Wildman–Crippen MR) is 96.9 cm³/mol. The number of benzene rings is 2. The number of carbonyl (C=O) groups excluding carboxylic acids is 1. The molecular formula is C21H19NO4. The zero-order valence-electron chi connectivity index (χ0n) is 14.2. The van der Waals surface area contributed by atoms with Crippen molar-refractivity contribution in [2.75, 3.05) is 6.79 Å². The van der Waals surface area contributed by atoms with Crippen molar-refractivity contribution in [3.05, 3.63) is 72.0 Å². The third kappa shape index (κ3) is 3.72. The molecule has 0 atom stereocenters. The molecule has 2 heterocycles. The second kappa shape index (κ2) is 7.35. The SMILES string of the molecule is O=C(CCc1ccc2c(c1)OCO2)NCc1ccc(-c2ccco2)cc1. The summed E-state index contributed by atoms with van der Waals surface area (Å²) in [5, 5.41) is 2.96. The molecule has 2 aromatic carbocycles. The first kappa shape index (κ1) is 16.3. The number of fused-ring (bicyclic) bond motifs is 1. The van der Waals surface area contributed by atoms with E-state index in [0.717, 1.165) is 33.9 Å². The third-order valence-electron chi connectivity index (χ3n) is 4.33. The average Bonchev–Trinajstić information content (AvgIpc) is 3.36. The summed E-state index contributed by atoms with van der Waals surface area (Å²) in [6.45, 7) is 0.774. The fraction of sp³-hybridized carbons (Fsp3) is 0.190. The van der Waals surface area contributed by atoms with Crippen LogP contribution in [0.5, 0.6) is 11.5 Å². The first-order valence-corrected chi connectivity index (χ1v) is 8.56. The molecule has 5 heteroatoms. The lowest BCUT2D eigenvalue weighted by atomic mass is 10.1. The number of hydrogen-bond donors (Lipinski definition) is 1. The summed E-state index contributed by atoms with van der Waals surface area (Å²) < 4.78 is 16.0. The summed E-state index contributed by atoms with van der Waals surface area (Å²) in [7, 11) is 0. The van der Waals surface area contributed by atoms with Gasteiger partial charge in [0.2, 0.25) is 12.7 Å². The van der Waals surface area contributed by atoms with Crippen molar-refractivity contribution in [3.8, 4) is 22.8 Å². The Labute approximate surface area is 151 Å². The lowest BCUT2D eigenvalue weighted by Gasteiger charge is -2.07. The number of carbonyl (C=O) groups is 1. The summed E-state index contributed by atoms with van der Waals surface area (Å²) in [5.74, 6) is 2.37. The molecule has 26 heavy (non-hydrogen) atoms. The van der Waals surface area contributed by atoms with E-state index in [4.69, 9.17) is 13.9 Å². The van der Waals surface area contributed by atoms with Gasteiger partial charge >= 0.3 is 0 Å². The zero-order valence-corrected chi connectivity index (χ0v) is 14.2. The molecule has 1 amide bonds. The second-order valence-corrected chi connectivity index (χ2v) is 6.14. The maximum atomic E-state index is 12.1. The number of ether oxygens (including phenoxy) is 2. The standard InChI is InChI=1S/C21H19NO4/c23-21(10-6-15-5-9-19-20(12-15)26-14-25-19)22-13-16-3-7-17(8-4-16)18-2-1-11-24-18/h1-5,7-9,11-12H,6,10,13-14H2,(H,22,23). The summed E-state index contributed by atoms with van der Waals surface area (Å²) in [6.07, 6.45) is 2.76. The quantitative estimate of drug-likeness (QED) is 0.733. The number of furan rings is 1. The number of hydrogen-bond acceptors (Lipinski definition) is 4. The Morgan fingerprint density at radius 1 is 0.962 bits per heavy atom.